The van der Waals surface area contributed by atoms with Gasteiger partial charge in [-0.05, 0) is 51.5 Å². The molecule has 1 aromatic heterocycles. The highest BCUT2D eigenvalue weighted by Gasteiger charge is 2.46. The molecule has 7 heteroatoms. The minimum absolute atomic E-state index is 0.0861. The average molecular weight is 393 g/mol. The van der Waals surface area contributed by atoms with Gasteiger partial charge < -0.3 is 15.2 Å². The molecule has 2 fully saturated rings. The Kier molecular flexibility index (Phi) is 6.05. The third kappa shape index (κ3) is 4.87. The molecule has 1 unspecified atom stereocenters. The molecule has 158 valence electrons. The van der Waals surface area contributed by atoms with Crippen LogP contribution in [0.3, 0.4) is 0 Å². The first-order chi connectivity index (χ1) is 13.1. The molecule has 1 aliphatic carbocycles. The number of hydrogen-bond donors (Lipinski definition) is 2. The van der Waals surface area contributed by atoms with Crippen LogP contribution in [0.15, 0.2) is 6.20 Å². The summed E-state index contributed by atoms with van der Waals surface area (Å²) in [5, 5.41) is 16.1. The van der Waals surface area contributed by atoms with Crippen molar-refractivity contribution in [2.75, 3.05) is 20.2 Å². The Morgan fingerprint density at radius 3 is 2.71 bits per heavy atom. The second-order valence-corrected chi connectivity index (χ2v) is 9.75. The van der Waals surface area contributed by atoms with Crippen LogP contribution < -0.4 is 5.32 Å². The SMILES string of the molecule is CC(CNC(=O)O)N(C)Cc1cn(C)nc1C1CCC2(CC1)CC(C)(C)CO2. The van der Waals surface area contributed by atoms with Crippen LogP contribution in [0, 0.1) is 5.41 Å². The summed E-state index contributed by atoms with van der Waals surface area (Å²) < 4.78 is 8.18. The molecule has 2 aliphatic rings. The van der Waals surface area contributed by atoms with Gasteiger partial charge in [-0.1, -0.05) is 13.8 Å². The van der Waals surface area contributed by atoms with Crippen LogP contribution in [0.5, 0.6) is 0 Å². The molecule has 7 nitrogen and oxygen atoms in total. The first-order valence-electron chi connectivity index (χ1n) is 10.4. The van der Waals surface area contributed by atoms with Gasteiger partial charge in [0.15, 0.2) is 0 Å². The molecule has 28 heavy (non-hydrogen) atoms. The van der Waals surface area contributed by atoms with E-state index in [4.69, 9.17) is 14.9 Å². The average Bonchev–Trinajstić information content (AvgIpc) is 3.12. The van der Waals surface area contributed by atoms with E-state index in [1.807, 2.05) is 25.7 Å². The van der Waals surface area contributed by atoms with Crippen molar-refractivity contribution < 1.29 is 14.6 Å². The number of nitrogens with zero attached hydrogens (tertiary/aromatic N) is 3. The molecule has 2 N–H and O–H groups in total. The van der Waals surface area contributed by atoms with Gasteiger partial charge in [-0.2, -0.15) is 5.10 Å². The minimum Gasteiger partial charge on any atom is -0.465 e. The fourth-order valence-corrected chi connectivity index (χ4v) is 4.90. The van der Waals surface area contributed by atoms with Crippen molar-refractivity contribution in [3.05, 3.63) is 17.5 Å². The van der Waals surface area contributed by atoms with Gasteiger partial charge in [0, 0.05) is 43.9 Å². The molecule has 1 saturated heterocycles. The van der Waals surface area contributed by atoms with Gasteiger partial charge in [0.2, 0.25) is 0 Å². The van der Waals surface area contributed by atoms with Crippen LogP contribution in [0.1, 0.15) is 70.1 Å². The summed E-state index contributed by atoms with van der Waals surface area (Å²) in [6.45, 7) is 8.72. The van der Waals surface area contributed by atoms with Gasteiger partial charge in [0.05, 0.1) is 17.9 Å². The van der Waals surface area contributed by atoms with Gasteiger partial charge in [-0.3, -0.25) is 9.58 Å². The molecule has 0 bridgehead atoms. The van der Waals surface area contributed by atoms with E-state index in [-0.39, 0.29) is 11.6 Å². The van der Waals surface area contributed by atoms with Crippen molar-refractivity contribution in [3.8, 4) is 0 Å². The van der Waals surface area contributed by atoms with E-state index in [1.54, 1.807) is 0 Å². The second-order valence-electron chi connectivity index (χ2n) is 9.75. The molecule has 3 rings (SSSR count). The summed E-state index contributed by atoms with van der Waals surface area (Å²) in [6.07, 6.45) is 6.79. The summed E-state index contributed by atoms with van der Waals surface area (Å²) in [5.41, 5.74) is 2.84. The number of hydrogen-bond acceptors (Lipinski definition) is 4. The predicted molar refractivity (Wildman–Crippen MR) is 108 cm³/mol. The van der Waals surface area contributed by atoms with Crippen molar-refractivity contribution in [2.24, 2.45) is 12.5 Å². The number of rotatable bonds is 6. The van der Waals surface area contributed by atoms with Crippen molar-refractivity contribution in [1.82, 2.24) is 20.0 Å². The van der Waals surface area contributed by atoms with E-state index < -0.39 is 6.09 Å². The normalized spacial score (nSPS) is 28.0. The number of aromatic nitrogens is 2. The fraction of sp³-hybridized carbons (Fsp3) is 0.810. The lowest BCUT2D eigenvalue weighted by molar-refractivity contribution is -0.0296. The number of aryl methyl sites for hydroxylation is 1. The first kappa shape index (κ1) is 21.1. The van der Waals surface area contributed by atoms with Gasteiger partial charge >= 0.3 is 6.09 Å². The number of likely N-dealkylation sites (N-methyl/N-ethyl adjacent to an activating group) is 1. The molecule has 2 heterocycles. The monoisotopic (exact) mass is 392 g/mol. The third-order valence-electron chi connectivity index (χ3n) is 6.51. The highest BCUT2D eigenvalue weighted by atomic mass is 16.5. The van der Waals surface area contributed by atoms with Crippen molar-refractivity contribution >= 4 is 6.09 Å². The van der Waals surface area contributed by atoms with Crippen LogP contribution in [0.2, 0.25) is 0 Å². The van der Waals surface area contributed by atoms with Crippen molar-refractivity contribution in [2.45, 2.75) is 77.0 Å². The smallest absolute Gasteiger partial charge is 0.404 e. The van der Waals surface area contributed by atoms with Crippen LogP contribution >= 0.6 is 0 Å². The number of carboxylic acid groups (broad SMARTS) is 1. The van der Waals surface area contributed by atoms with Crippen LogP contribution in [0.25, 0.3) is 0 Å². The number of ether oxygens (including phenoxy) is 1. The molecular formula is C21H36N4O3. The maximum atomic E-state index is 10.7. The van der Waals surface area contributed by atoms with E-state index >= 15 is 0 Å². The maximum absolute atomic E-state index is 10.7. The van der Waals surface area contributed by atoms with Gasteiger partial charge in [0.25, 0.3) is 0 Å². The largest absolute Gasteiger partial charge is 0.465 e. The summed E-state index contributed by atoms with van der Waals surface area (Å²) in [6, 6.07) is 0.118. The Labute approximate surface area is 168 Å². The van der Waals surface area contributed by atoms with E-state index in [2.05, 4.69) is 30.3 Å². The molecule has 0 aromatic carbocycles. The Bertz CT molecular complexity index is 692. The highest BCUT2D eigenvalue weighted by Crippen LogP contribution is 2.49. The first-order valence-corrected chi connectivity index (χ1v) is 10.4. The Morgan fingerprint density at radius 2 is 2.14 bits per heavy atom. The predicted octanol–water partition coefficient (Wildman–Crippen LogP) is 3.35. The quantitative estimate of drug-likeness (QED) is 0.776. The van der Waals surface area contributed by atoms with Crippen molar-refractivity contribution in [1.29, 1.82) is 0 Å². The summed E-state index contributed by atoms with van der Waals surface area (Å²) in [4.78, 5) is 12.9. The second kappa shape index (κ2) is 8.03. The van der Waals surface area contributed by atoms with E-state index in [0.717, 1.165) is 38.8 Å². The Morgan fingerprint density at radius 1 is 1.46 bits per heavy atom. The molecule has 1 amide bonds. The van der Waals surface area contributed by atoms with Gasteiger partial charge in [0.1, 0.15) is 0 Å². The molecule has 1 aromatic rings. The minimum atomic E-state index is -0.976. The van der Waals surface area contributed by atoms with E-state index in [9.17, 15) is 4.79 Å². The molecule has 1 aliphatic heterocycles. The highest BCUT2D eigenvalue weighted by molar-refractivity contribution is 5.64. The Hall–Kier alpha value is -1.60. The van der Waals surface area contributed by atoms with Crippen molar-refractivity contribution in [3.63, 3.8) is 0 Å². The Balaban J connectivity index is 1.62. The number of amides is 1. The van der Waals surface area contributed by atoms with Crippen LogP contribution in [0.4, 0.5) is 4.79 Å². The number of nitrogens with one attached hydrogen (secondary N) is 1. The third-order valence-corrected chi connectivity index (χ3v) is 6.51. The van der Waals surface area contributed by atoms with Crippen LogP contribution in [-0.4, -0.2) is 57.7 Å². The summed E-state index contributed by atoms with van der Waals surface area (Å²) >= 11 is 0. The van der Waals surface area contributed by atoms with E-state index in [1.165, 1.54) is 17.7 Å². The lowest BCUT2D eigenvalue weighted by Crippen LogP contribution is -2.39. The molecule has 1 atom stereocenters. The van der Waals surface area contributed by atoms with Crippen LogP contribution in [-0.2, 0) is 18.3 Å². The lowest BCUT2D eigenvalue weighted by atomic mass is 9.72. The van der Waals surface area contributed by atoms with Gasteiger partial charge in [-0.15, -0.1) is 0 Å². The zero-order valence-electron chi connectivity index (χ0n) is 18.0. The number of carbonyl (C=O) groups is 1. The molecule has 1 saturated carbocycles. The summed E-state index contributed by atoms with van der Waals surface area (Å²) in [7, 11) is 4.02. The lowest BCUT2D eigenvalue weighted by Gasteiger charge is -2.37. The molecular weight excluding hydrogens is 356 g/mol. The standard InChI is InChI=1S/C21H36N4O3/c1-15(10-22-19(26)27)24(4)11-17-12-25(5)23-18(17)16-6-8-21(9-7-16)13-20(2,3)14-28-21/h12,15-16,22H,6-11,13-14H2,1-5H3,(H,26,27). The summed E-state index contributed by atoms with van der Waals surface area (Å²) in [5.74, 6) is 0.481. The zero-order valence-corrected chi connectivity index (χ0v) is 18.0. The molecule has 0 radical (unpaired) electrons. The van der Waals surface area contributed by atoms with E-state index in [0.29, 0.717) is 17.9 Å². The van der Waals surface area contributed by atoms with Gasteiger partial charge in [-0.25, -0.2) is 4.79 Å². The zero-order chi connectivity index (χ0) is 20.5. The topological polar surface area (TPSA) is 79.6 Å². The maximum Gasteiger partial charge on any atom is 0.404 e. The fourth-order valence-electron chi connectivity index (χ4n) is 4.90. The molecule has 1 spiro atoms.